The molecule has 0 heterocycles. The van der Waals surface area contributed by atoms with Gasteiger partial charge in [-0.1, -0.05) is 26.8 Å². The molecule has 1 aromatic rings. The molecular formula is C14H20O5. The molecule has 2 unspecified atom stereocenters. The van der Waals surface area contributed by atoms with E-state index in [0.29, 0.717) is 0 Å². The van der Waals surface area contributed by atoms with E-state index in [4.69, 9.17) is 0 Å². The van der Waals surface area contributed by atoms with Gasteiger partial charge >= 0.3 is 5.97 Å². The quantitative estimate of drug-likeness (QED) is 0.718. The van der Waals surface area contributed by atoms with E-state index < -0.39 is 18.2 Å². The number of rotatable bonds is 3. The maximum Gasteiger partial charge on any atom is 0.337 e. The number of aliphatic hydroxyl groups is 2. The lowest BCUT2D eigenvalue weighted by Crippen LogP contribution is -2.29. The van der Waals surface area contributed by atoms with Crippen LogP contribution >= 0.6 is 0 Å². The Balaban J connectivity index is 3.15. The first-order valence-corrected chi connectivity index (χ1v) is 5.96. The summed E-state index contributed by atoms with van der Waals surface area (Å²) in [5.41, 5.74) is 0.792. The first-order chi connectivity index (χ1) is 8.68. The number of phenolic OH excluding ortho intramolecular Hbond substituents is 1. The number of hydrogen-bond acceptors (Lipinski definition) is 5. The van der Waals surface area contributed by atoms with Crippen LogP contribution in [0, 0.1) is 0 Å². The first-order valence-electron chi connectivity index (χ1n) is 5.96. The number of carbonyl (C=O) groups excluding carboxylic acids is 1. The molecule has 0 aliphatic rings. The second kappa shape index (κ2) is 5.59. The van der Waals surface area contributed by atoms with E-state index in [-0.39, 0.29) is 16.7 Å². The summed E-state index contributed by atoms with van der Waals surface area (Å²) in [5.74, 6) is -1.13. The van der Waals surface area contributed by atoms with E-state index in [1.165, 1.54) is 6.07 Å². The van der Waals surface area contributed by atoms with Gasteiger partial charge in [-0.05, 0) is 23.1 Å². The molecule has 0 aliphatic carbocycles. The predicted molar refractivity (Wildman–Crippen MR) is 69.8 cm³/mol. The Hall–Kier alpha value is -1.59. The molecule has 2 atom stereocenters. The van der Waals surface area contributed by atoms with Gasteiger partial charge in [-0.15, -0.1) is 0 Å². The molecule has 5 nitrogen and oxygen atoms in total. The van der Waals surface area contributed by atoms with Crippen molar-refractivity contribution in [2.45, 2.75) is 38.4 Å². The van der Waals surface area contributed by atoms with Crippen LogP contribution in [-0.4, -0.2) is 34.5 Å². The Bertz CT molecular complexity index is 461. The highest BCUT2D eigenvalue weighted by atomic mass is 16.5. The number of esters is 1. The van der Waals surface area contributed by atoms with Gasteiger partial charge in [0.2, 0.25) is 0 Å². The van der Waals surface area contributed by atoms with Crippen molar-refractivity contribution in [3.8, 4) is 5.75 Å². The summed E-state index contributed by atoms with van der Waals surface area (Å²) < 4.78 is 4.36. The van der Waals surface area contributed by atoms with E-state index >= 15 is 0 Å². The van der Waals surface area contributed by atoms with E-state index in [0.717, 1.165) is 12.7 Å². The molecule has 3 N–H and O–H groups in total. The molecule has 0 fully saturated rings. The molecule has 19 heavy (non-hydrogen) atoms. The van der Waals surface area contributed by atoms with Gasteiger partial charge in [0.1, 0.15) is 11.9 Å². The van der Waals surface area contributed by atoms with Crippen LogP contribution in [0.4, 0.5) is 0 Å². The summed E-state index contributed by atoms with van der Waals surface area (Å²) in [4.78, 5) is 11.2. The van der Waals surface area contributed by atoms with Crippen LogP contribution in [0.1, 0.15) is 38.0 Å². The van der Waals surface area contributed by atoms with Crippen LogP contribution in [0.25, 0.3) is 0 Å². The highest BCUT2D eigenvalue weighted by molar-refractivity contribution is 5.75. The predicted octanol–water partition coefficient (Wildman–Crippen LogP) is 1.26. The minimum absolute atomic E-state index is 0.102. The number of phenols is 1. The second-order valence-corrected chi connectivity index (χ2v) is 5.44. The van der Waals surface area contributed by atoms with Crippen LogP contribution in [0.3, 0.4) is 0 Å². The van der Waals surface area contributed by atoms with E-state index in [1.807, 2.05) is 20.8 Å². The summed E-state index contributed by atoms with van der Waals surface area (Å²) in [6.45, 7) is 5.94. The third-order valence-electron chi connectivity index (χ3n) is 2.95. The summed E-state index contributed by atoms with van der Waals surface area (Å²) >= 11 is 0. The lowest BCUT2D eigenvalue weighted by Gasteiger charge is -2.23. The van der Waals surface area contributed by atoms with Crippen molar-refractivity contribution in [1.29, 1.82) is 0 Å². The Labute approximate surface area is 112 Å². The van der Waals surface area contributed by atoms with Crippen molar-refractivity contribution >= 4 is 5.97 Å². The lowest BCUT2D eigenvalue weighted by molar-refractivity contribution is -0.156. The molecule has 0 spiro atoms. The van der Waals surface area contributed by atoms with Crippen LogP contribution in [-0.2, 0) is 14.9 Å². The van der Waals surface area contributed by atoms with Gasteiger partial charge in [-0.3, -0.25) is 0 Å². The maximum atomic E-state index is 11.2. The molecular weight excluding hydrogens is 248 g/mol. The molecule has 0 bridgehead atoms. The Kier molecular flexibility index (Phi) is 4.55. The van der Waals surface area contributed by atoms with Gasteiger partial charge in [-0.25, -0.2) is 4.79 Å². The molecule has 0 saturated heterocycles. The molecule has 0 saturated carbocycles. The van der Waals surface area contributed by atoms with E-state index in [9.17, 15) is 20.1 Å². The summed E-state index contributed by atoms with van der Waals surface area (Å²) in [5, 5.41) is 29.3. The van der Waals surface area contributed by atoms with Crippen LogP contribution < -0.4 is 0 Å². The second-order valence-electron chi connectivity index (χ2n) is 5.44. The Morgan fingerprint density at radius 3 is 2.32 bits per heavy atom. The minimum Gasteiger partial charge on any atom is -0.508 e. The van der Waals surface area contributed by atoms with Crippen molar-refractivity contribution in [1.82, 2.24) is 0 Å². The molecule has 1 aromatic carbocycles. The SMILES string of the molecule is COC(=O)C(O)C(O)c1cc(C(C)(C)C)ccc1O. The number of aliphatic hydroxyl groups excluding tert-OH is 2. The van der Waals surface area contributed by atoms with E-state index in [2.05, 4.69) is 4.74 Å². The Morgan fingerprint density at radius 2 is 1.84 bits per heavy atom. The largest absolute Gasteiger partial charge is 0.508 e. The molecule has 106 valence electrons. The summed E-state index contributed by atoms with van der Waals surface area (Å²) in [6.07, 6.45) is -3.26. The van der Waals surface area contributed by atoms with Crippen molar-refractivity contribution in [3.63, 3.8) is 0 Å². The highest BCUT2D eigenvalue weighted by Crippen LogP contribution is 2.32. The zero-order chi connectivity index (χ0) is 14.8. The zero-order valence-electron chi connectivity index (χ0n) is 11.5. The van der Waals surface area contributed by atoms with Gasteiger partial charge in [0, 0.05) is 5.56 Å². The van der Waals surface area contributed by atoms with Crippen LogP contribution in [0.15, 0.2) is 18.2 Å². The van der Waals surface area contributed by atoms with Crippen molar-refractivity contribution in [2.75, 3.05) is 7.11 Å². The number of methoxy groups -OCH3 is 1. The molecule has 0 radical (unpaired) electrons. The fourth-order valence-corrected chi connectivity index (χ4v) is 1.68. The number of carbonyl (C=O) groups is 1. The minimum atomic E-state index is -1.73. The molecule has 5 heteroatoms. The smallest absolute Gasteiger partial charge is 0.337 e. The number of hydrogen-bond donors (Lipinski definition) is 3. The third kappa shape index (κ3) is 3.45. The van der Waals surface area contributed by atoms with Crippen LogP contribution in [0.5, 0.6) is 5.75 Å². The summed E-state index contributed by atoms with van der Waals surface area (Å²) in [6, 6.07) is 4.74. The van der Waals surface area contributed by atoms with Gasteiger partial charge < -0.3 is 20.1 Å². The third-order valence-corrected chi connectivity index (χ3v) is 2.95. The molecule has 0 amide bonds. The maximum absolute atomic E-state index is 11.2. The van der Waals surface area contributed by atoms with Crippen molar-refractivity contribution in [3.05, 3.63) is 29.3 Å². The standard InChI is InChI=1S/C14H20O5/c1-14(2,3)8-5-6-10(15)9(7-8)11(16)12(17)13(18)19-4/h5-7,11-12,15-17H,1-4H3. The topological polar surface area (TPSA) is 87.0 Å². The van der Waals surface area contributed by atoms with Crippen molar-refractivity contribution in [2.24, 2.45) is 0 Å². The van der Waals surface area contributed by atoms with Gasteiger partial charge in [0.25, 0.3) is 0 Å². The highest BCUT2D eigenvalue weighted by Gasteiger charge is 2.29. The van der Waals surface area contributed by atoms with Gasteiger partial charge in [-0.2, -0.15) is 0 Å². The molecule has 0 aromatic heterocycles. The monoisotopic (exact) mass is 268 g/mol. The average Bonchev–Trinajstić information content (AvgIpc) is 2.35. The number of ether oxygens (including phenoxy) is 1. The molecule has 1 rings (SSSR count). The lowest BCUT2D eigenvalue weighted by atomic mass is 9.85. The zero-order valence-corrected chi connectivity index (χ0v) is 11.5. The average molecular weight is 268 g/mol. The van der Waals surface area contributed by atoms with Gasteiger partial charge in [0.15, 0.2) is 6.10 Å². The molecule has 0 aliphatic heterocycles. The normalized spacial score (nSPS) is 14.8. The first kappa shape index (κ1) is 15.5. The fraction of sp³-hybridized carbons (Fsp3) is 0.500. The van der Waals surface area contributed by atoms with Crippen molar-refractivity contribution < 1.29 is 24.9 Å². The summed E-state index contributed by atoms with van der Waals surface area (Å²) in [7, 11) is 1.11. The van der Waals surface area contributed by atoms with Crippen LogP contribution in [0.2, 0.25) is 0 Å². The fourth-order valence-electron chi connectivity index (χ4n) is 1.68. The Morgan fingerprint density at radius 1 is 1.26 bits per heavy atom. The van der Waals surface area contributed by atoms with E-state index in [1.54, 1.807) is 12.1 Å². The van der Waals surface area contributed by atoms with Gasteiger partial charge in [0.05, 0.1) is 7.11 Å². The number of benzene rings is 1. The number of aromatic hydroxyl groups is 1.